The normalized spacial score (nSPS) is 32.7. The van der Waals surface area contributed by atoms with E-state index in [1.165, 1.54) is 36.0 Å². The topological polar surface area (TPSA) is 29.5 Å². The number of phenolic OH excluding ortho intramolecular Hbond substituents is 1. The molecule has 0 aromatic heterocycles. The average Bonchev–Trinajstić information content (AvgIpc) is 3.08. The van der Waals surface area contributed by atoms with Gasteiger partial charge in [-0.05, 0) is 81.1 Å². The van der Waals surface area contributed by atoms with Crippen LogP contribution in [-0.2, 0) is 6.42 Å². The van der Waals surface area contributed by atoms with Gasteiger partial charge in [-0.15, -0.1) is 0 Å². The lowest BCUT2D eigenvalue weighted by Crippen LogP contribution is -2.37. The van der Waals surface area contributed by atoms with Crippen LogP contribution in [0.3, 0.4) is 0 Å². The van der Waals surface area contributed by atoms with Crippen LogP contribution in [0.5, 0.6) is 11.5 Å². The third-order valence-electron chi connectivity index (χ3n) is 5.80. The summed E-state index contributed by atoms with van der Waals surface area (Å²) < 4.78 is 6.53. The van der Waals surface area contributed by atoms with Gasteiger partial charge in [-0.3, -0.25) is 0 Å². The van der Waals surface area contributed by atoms with Crippen molar-refractivity contribution in [1.82, 2.24) is 0 Å². The van der Waals surface area contributed by atoms with Crippen LogP contribution in [-0.4, -0.2) is 16.5 Å². The maximum absolute atomic E-state index is 10.4. The van der Waals surface area contributed by atoms with Crippen LogP contribution >= 0.6 is 12.6 Å². The number of thiol groups is 1. The molecule has 1 N–H and O–H groups in total. The molecule has 1 aromatic rings. The Kier molecular flexibility index (Phi) is 3.18. The van der Waals surface area contributed by atoms with Crippen molar-refractivity contribution in [3.8, 4) is 11.5 Å². The fourth-order valence-electron chi connectivity index (χ4n) is 4.71. The Hall–Kier alpha value is -0.830. The Bertz CT molecular complexity index is 583. The predicted molar refractivity (Wildman–Crippen MR) is 87.9 cm³/mol. The van der Waals surface area contributed by atoms with Crippen LogP contribution in [0.4, 0.5) is 0 Å². The number of phenols is 1. The van der Waals surface area contributed by atoms with Gasteiger partial charge in [0.2, 0.25) is 0 Å². The number of benzene rings is 1. The van der Waals surface area contributed by atoms with Crippen molar-refractivity contribution in [2.24, 2.45) is 0 Å². The standard InChI is InChI=1S/C18H24O2S/c1-18(6-2-8-21)7-5-13-10-14(19)15-11-3-4-12(9-11)16(15)17(13)20-18/h10-12,19,21H,2-9H2,1H3. The number of aromatic hydroxyl groups is 1. The SMILES string of the molecule is CC1(CCCS)CCc2cc(O)c3c(c2O1)C1CCC3C1. The fourth-order valence-corrected chi connectivity index (χ4v) is 4.87. The first-order chi connectivity index (χ1) is 10.1. The molecule has 3 unspecified atom stereocenters. The molecule has 1 aromatic carbocycles. The maximum atomic E-state index is 10.4. The van der Waals surface area contributed by atoms with E-state index in [-0.39, 0.29) is 5.60 Å². The number of fused-ring (bicyclic) bond motifs is 7. The zero-order chi connectivity index (χ0) is 14.6. The van der Waals surface area contributed by atoms with Gasteiger partial charge in [0.05, 0.1) is 0 Å². The van der Waals surface area contributed by atoms with Crippen LogP contribution in [0.25, 0.3) is 0 Å². The lowest BCUT2D eigenvalue weighted by atomic mass is 9.83. The number of ether oxygens (including phenoxy) is 1. The van der Waals surface area contributed by atoms with Crippen molar-refractivity contribution in [1.29, 1.82) is 0 Å². The summed E-state index contributed by atoms with van der Waals surface area (Å²) in [6.45, 7) is 2.24. The highest BCUT2D eigenvalue weighted by atomic mass is 32.1. The average molecular weight is 304 g/mol. The molecular weight excluding hydrogens is 280 g/mol. The highest BCUT2D eigenvalue weighted by Gasteiger charge is 2.44. The van der Waals surface area contributed by atoms with Crippen molar-refractivity contribution in [3.63, 3.8) is 0 Å². The molecule has 0 spiro atoms. The van der Waals surface area contributed by atoms with E-state index < -0.39 is 0 Å². The summed E-state index contributed by atoms with van der Waals surface area (Å²) in [6.07, 6.45) is 7.96. The first-order valence-corrected chi connectivity index (χ1v) is 8.93. The van der Waals surface area contributed by atoms with Crippen molar-refractivity contribution < 1.29 is 9.84 Å². The Balaban J connectivity index is 1.75. The van der Waals surface area contributed by atoms with E-state index in [0.29, 0.717) is 17.6 Å². The summed E-state index contributed by atoms with van der Waals surface area (Å²) in [5.41, 5.74) is 3.74. The summed E-state index contributed by atoms with van der Waals surface area (Å²) in [5, 5.41) is 10.4. The van der Waals surface area contributed by atoms with E-state index in [9.17, 15) is 5.11 Å². The predicted octanol–water partition coefficient (Wildman–Crippen LogP) is 4.55. The molecule has 2 aliphatic carbocycles. The minimum atomic E-state index is -0.0533. The third kappa shape index (κ3) is 2.08. The molecule has 21 heavy (non-hydrogen) atoms. The summed E-state index contributed by atoms with van der Waals surface area (Å²) in [6, 6.07) is 1.98. The van der Waals surface area contributed by atoms with Gasteiger partial charge < -0.3 is 9.84 Å². The van der Waals surface area contributed by atoms with E-state index in [1.807, 2.05) is 6.07 Å². The Morgan fingerprint density at radius 2 is 2.10 bits per heavy atom. The first kappa shape index (κ1) is 13.8. The quantitative estimate of drug-likeness (QED) is 0.802. The molecule has 0 saturated heterocycles. The monoisotopic (exact) mass is 304 g/mol. The zero-order valence-corrected chi connectivity index (χ0v) is 13.6. The molecule has 114 valence electrons. The van der Waals surface area contributed by atoms with E-state index in [4.69, 9.17) is 4.74 Å². The van der Waals surface area contributed by atoms with Gasteiger partial charge in [-0.2, -0.15) is 12.6 Å². The molecule has 0 amide bonds. The second kappa shape index (κ2) is 4.84. The van der Waals surface area contributed by atoms with Gasteiger partial charge in [0.25, 0.3) is 0 Å². The van der Waals surface area contributed by atoms with Crippen molar-refractivity contribution in [3.05, 3.63) is 22.8 Å². The highest BCUT2D eigenvalue weighted by Crippen LogP contribution is 2.60. The van der Waals surface area contributed by atoms with Gasteiger partial charge in [0, 0.05) is 11.1 Å². The van der Waals surface area contributed by atoms with Crippen molar-refractivity contribution >= 4 is 12.6 Å². The van der Waals surface area contributed by atoms with E-state index in [0.717, 1.165) is 37.2 Å². The van der Waals surface area contributed by atoms with E-state index >= 15 is 0 Å². The molecule has 3 atom stereocenters. The highest BCUT2D eigenvalue weighted by molar-refractivity contribution is 7.80. The molecule has 2 nitrogen and oxygen atoms in total. The molecule has 1 heterocycles. The Labute approximate surface area is 132 Å². The fraction of sp³-hybridized carbons (Fsp3) is 0.667. The lowest BCUT2D eigenvalue weighted by Gasteiger charge is -2.38. The zero-order valence-electron chi connectivity index (χ0n) is 12.7. The second-order valence-electron chi connectivity index (χ2n) is 7.30. The third-order valence-corrected chi connectivity index (χ3v) is 6.11. The van der Waals surface area contributed by atoms with Crippen molar-refractivity contribution in [2.75, 3.05) is 5.75 Å². The minimum Gasteiger partial charge on any atom is -0.508 e. The van der Waals surface area contributed by atoms with Crippen molar-refractivity contribution in [2.45, 2.75) is 69.3 Å². The first-order valence-electron chi connectivity index (χ1n) is 8.30. The molecular formula is C18H24O2S. The van der Waals surface area contributed by atoms with Crippen LogP contribution in [0.1, 0.15) is 74.0 Å². The van der Waals surface area contributed by atoms with Crippen LogP contribution < -0.4 is 4.74 Å². The maximum Gasteiger partial charge on any atom is 0.127 e. The molecule has 2 bridgehead atoms. The molecule has 1 fully saturated rings. The van der Waals surface area contributed by atoms with Gasteiger partial charge in [0.1, 0.15) is 17.1 Å². The largest absolute Gasteiger partial charge is 0.508 e. The molecule has 3 aliphatic rings. The second-order valence-corrected chi connectivity index (χ2v) is 7.74. The van der Waals surface area contributed by atoms with Gasteiger partial charge in [-0.1, -0.05) is 0 Å². The summed E-state index contributed by atoms with van der Waals surface area (Å²) in [5.74, 6) is 3.77. The molecule has 1 aliphatic heterocycles. The number of hydrogen-bond donors (Lipinski definition) is 2. The Morgan fingerprint density at radius 1 is 1.33 bits per heavy atom. The van der Waals surface area contributed by atoms with E-state index in [1.54, 1.807) is 0 Å². The smallest absolute Gasteiger partial charge is 0.127 e. The number of rotatable bonds is 3. The molecule has 0 radical (unpaired) electrons. The molecule has 1 saturated carbocycles. The lowest BCUT2D eigenvalue weighted by molar-refractivity contribution is 0.0540. The summed E-state index contributed by atoms with van der Waals surface area (Å²) >= 11 is 4.34. The summed E-state index contributed by atoms with van der Waals surface area (Å²) in [4.78, 5) is 0. The van der Waals surface area contributed by atoms with E-state index in [2.05, 4.69) is 19.6 Å². The van der Waals surface area contributed by atoms with Gasteiger partial charge >= 0.3 is 0 Å². The Morgan fingerprint density at radius 3 is 2.86 bits per heavy atom. The number of aryl methyl sites for hydroxylation is 1. The van der Waals surface area contributed by atoms with Crippen LogP contribution in [0, 0.1) is 0 Å². The van der Waals surface area contributed by atoms with Gasteiger partial charge in [-0.25, -0.2) is 0 Å². The molecule has 3 heteroatoms. The molecule has 4 rings (SSSR count). The minimum absolute atomic E-state index is 0.0533. The van der Waals surface area contributed by atoms with Crippen LogP contribution in [0.15, 0.2) is 6.07 Å². The van der Waals surface area contributed by atoms with Crippen LogP contribution in [0.2, 0.25) is 0 Å². The summed E-state index contributed by atoms with van der Waals surface area (Å²) in [7, 11) is 0. The van der Waals surface area contributed by atoms with Gasteiger partial charge in [0.15, 0.2) is 0 Å². The number of hydrogen-bond acceptors (Lipinski definition) is 3.